The van der Waals surface area contributed by atoms with Crippen LogP contribution < -0.4 is 9.64 Å². The number of ether oxygens (including phenoxy) is 1. The van der Waals surface area contributed by atoms with Gasteiger partial charge in [-0.25, -0.2) is 0 Å². The number of aliphatic imine (C=N–C) groups is 1. The fourth-order valence-corrected chi connectivity index (χ4v) is 3.93. The van der Waals surface area contributed by atoms with E-state index in [0.717, 1.165) is 18.8 Å². The second-order valence-corrected chi connectivity index (χ2v) is 7.35. The molecule has 0 saturated carbocycles. The Morgan fingerprint density at radius 1 is 1.19 bits per heavy atom. The summed E-state index contributed by atoms with van der Waals surface area (Å²) in [4.78, 5) is 6.14. The van der Waals surface area contributed by atoms with Crippen molar-refractivity contribution in [1.29, 1.82) is 0 Å². The van der Waals surface area contributed by atoms with Crippen molar-refractivity contribution in [1.82, 2.24) is 0 Å². The second kappa shape index (κ2) is 8.76. The normalized spacial score (nSPS) is 16.3. The van der Waals surface area contributed by atoms with Crippen molar-refractivity contribution in [3.63, 3.8) is 0 Å². The van der Waals surface area contributed by atoms with Crippen LogP contribution in [0.3, 0.4) is 0 Å². The van der Waals surface area contributed by atoms with E-state index in [4.69, 9.17) is 27.9 Å². The lowest BCUT2D eigenvalue weighted by molar-refractivity contribution is -0.918. The van der Waals surface area contributed by atoms with Crippen LogP contribution in [0.1, 0.15) is 30.0 Å². The monoisotopic (exact) mass is 393 g/mol. The minimum atomic E-state index is 0.00864. The van der Waals surface area contributed by atoms with Crippen LogP contribution in [0, 0.1) is 0 Å². The van der Waals surface area contributed by atoms with Crippen molar-refractivity contribution in [2.24, 2.45) is 4.99 Å². The van der Waals surface area contributed by atoms with E-state index >= 15 is 0 Å². The number of hydrogen-bond acceptors (Lipinski definition) is 3. The third kappa shape index (κ3) is 4.50. The number of nitrogens with zero attached hydrogens (tertiary/aromatic N) is 1. The Morgan fingerprint density at radius 3 is 2.54 bits per heavy atom. The fourth-order valence-electron chi connectivity index (χ4n) is 3.42. The zero-order chi connectivity index (χ0) is 18.5. The predicted octanol–water partition coefficient (Wildman–Crippen LogP) is 3.55. The minimum Gasteiger partial charge on any atom is -0.506 e. The van der Waals surface area contributed by atoms with E-state index in [1.807, 2.05) is 12.1 Å². The van der Waals surface area contributed by atoms with Crippen molar-refractivity contribution in [3.05, 3.63) is 57.6 Å². The number of benzene rings is 2. The summed E-state index contributed by atoms with van der Waals surface area (Å²) in [6.07, 6.45) is 4.14. The summed E-state index contributed by atoms with van der Waals surface area (Å²) in [6, 6.07) is 11.7. The molecule has 0 amide bonds. The molecule has 6 heteroatoms. The highest BCUT2D eigenvalue weighted by Gasteiger charge is 2.27. The Morgan fingerprint density at radius 2 is 1.88 bits per heavy atom. The molecule has 1 heterocycles. The lowest BCUT2D eigenvalue weighted by Crippen LogP contribution is -3.10. The lowest BCUT2D eigenvalue weighted by Gasteiger charge is -2.23. The SMILES string of the molecule is COc1ccc([C@@H](CN=Cc2cc(Cl)cc(Cl)c2O)[NH+]2CCCC2)cc1. The molecule has 138 valence electrons. The molecule has 1 atom stereocenters. The maximum Gasteiger partial charge on any atom is 0.143 e. The van der Waals surface area contributed by atoms with Gasteiger partial charge in [0.15, 0.2) is 0 Å². The molecule has 0 aromatic heterocycles. The van der Waals surface area contributed by atoms with Gasteiger partial charge in [0.25, 0.3) is 0 Å². The number of likely N-dealkylation sites (tertiary alicyclic amines) is 1. The molecule has 2 aromatic carbocycles. The molecule has 1 fully saturated rings. The highest BCUT2D eigenvalue weighted by Crippen LogP contribution is 2.30. The third-order valence-electron chi connectivity index (χ3n) is 4.83. The molecule has 0 bridgehead atoms. The number of nitrogens with one attached hydrogen (secondary N) is 1. The zero-order valence-corrected chi connectivity index (χ0v) is 16.2. The fraction of sp³-hybridized carbons (Fsp3) is 0.350. The van der Waals surface area contributed by atoms with Gasteiger partial charge in [-0.05, 0) is 36.4 Å². The quantitative estimate of drug-likeness (QED) is 0.737. The minimum absolute atomic E-state index is 0.00864. The van der Waals surface area contributed by atoms with E-state index in [1.54, 1.807) is 24.3 Å². The number of rotatable bonds is 6. The number of methoxy groups -OCH3 is 1. The Balaban J connectivity index is 1.79. The molecular weight excluding hydrogens is 371 g/mol. The van der Waals surface area contributed by atoms with E-state index in [-0.39, 0.29) is 16.8 Å². The van der Waals surface area contributed by atoms with Crippen molar-refractivity contribution in [2.45, 2.75) is 18.9 Å². The first-order chi connectivity index (χ1) is 12.6. The Bertz CT molecular complexity index is 772. The predicted molar refractivity (Wildman–Crippen MR) is 106 cm³/mol. The van der Waals surface area contributed by atoms with Crippen molar-refractivity contribution >= 4 is 29.4 Å². The topological polar surface area (TPSA) is 46.3 Å². The highest BCUT2D eigenvalue weighted by atomic mass is 35.5. The van der Waals surface area contributed by atoms with Crippen LogP contribution in [0.4, 0.5) is 0 Å². The molecule has 2 N–H and O–H groups in total. The number of aromatic hydroxyl groups is 1. The van der Waals surface area contributed by atoms with Crippen molar-refractivity contribution < 1.29 is 14.7 Å². The van der Waals surface area contributed by atoms with Crippen LogP contribution in [-0.2, 0) is 0 Å². The molecule has 0 radical (unpaired) electrons. The van der Waals surface area contributed by atoms with Gasteiger partial charge in [0, 0.05) is 35.2 Å². The molecule has 0 aliphatic carbocycles. The summed E-state index contributed by atoms with van der Waals surface area (Å²) in [6.45, 7) is 2.94. The number of phenols is 1. The van der Waals surface area contributed by atoms with Crippen LogP contribution in [0.25, 0.3) is 0 Å². The molecule has 1 aliphatic heterocycles. The summed E-state index contributed by atoms with van der Waals surface area (Å²) in [5, 5.41) is 10.8. The van der Waals surface area contributed by atoms with E-state index in [9.17, 15) is 5.11 Å². The van der Waals surface area contributed by atoms with Gasteiger partial charge in [0.1, 0.15) is 17.5 Å². The molecular formula is C20H23Cl2N2O2+. The standard InChI is InChI=1S/C20H22Cl2N2O2/c1-26-17-6-4-14(5-7-17)19(24-8-2-3-9-24)13-23-12-15-10-16(21)11-18(22)20(15)25/h4-7,10-12,19,25H,2-3,8-9,13H2,1H3/p+1/t19-/m1/s1. The van der Waals surface area contributed by atoms with E-state index in [0.29, 0.717) is 17.1 Å². The molecule has 0 spiro atoms. The van der Waals surface area contributed by atoms with Crippen LogP contribution >= 0.6 is 23.2 Å². The van der Waals surface area contributed by atoms with Gasteiger partial charge in [0.2, 0.25) is 0 Å². The molecule has 26 heavy (non-hydrogen) atoms. The average molecular weight is 394 g/mol. The number of phenolic OH excluding ortho intramolecular Hbond substituents is 1. The molecule has 0 unspecified atom stereocenters. The highest BCUT2D eigenvalue weighted by molar-refractivity contribution is 6.36. The zero-order valence-electron chi connectivity index (χ0n) is 14.7. The molecule has 3 rings (SSSR count). The summed E-state index contributed by atoms with van der Waals surface area (Å²) in [7, 11) is 1.67. The number of hydrogen-bond donors (Lipinski definition) is 2. The Kier molecular flexibility index (Phi) is 6.41. The van der Waals surface area contributed by atoms with Gasteiger partial charge < -0.3 is 14.7 Å². The Hall–Kier alpha value is -1.75. The third-order valence-corrected chi connectivity index (χ3v) is 5.34. The van der Waals surface area contributed by atoms with Gasteiger partial charge in [0.05, 0.1) is 31.8 Å². The maximum absolute atomic E-state index is 10.1. The first kappa shape index (κ1) is 19.0. The smallest absolute Gasteiger partial charge is 0.143 e. The van der Waals surface area contributed by atoms with Gasteiger partial charge >= 0.3 is 0 Å². The van der Waals surface area contributed by atoms with E-state index in [1.165, 1.54) is 24.5 Å². The van der Waals surface area contributed by atoms with Gasteiger partial charge in [-0.2, -0.15) is 0 Å². The van der Waals surface area contributed by atoms with Crippen LogP contribution in [0.5, 0.6) is 11.5 Å². The average Bonchev–Trinajstić information content (AvgIpc) is 3.17. The van der Waals surface area contributed by atoms with Crippen LogP contribution in [0.15, 0.2) is 41.4 Å². The van der Waals surface area contributed by atoms with Gasteiger partial charge in [-0.15, -0.1) is 0 Å². The largest absolute Gasteiger partial charge is 0.506 e. The molecule has 4 nitrogen and oxygen atoms in total. The maximum atomic E-state index is 10.1. The van der Waals surface area contributed by atoms with E-state index in [2.05, 4.69) is 17.1 Å². The van der Waals surface area contributed by atoms with Crippen molar-refractivity contribution in [2.75, 3.05) is 26.7 Å². The summed E-state index contributed by atoms with van der Waals surface area (Å²) in [5.41, 5.74) is 1.78. The Labute approximate surface area is 164 Å². The first-order valence-corrected chi connectivity index (χ1v) is 9.50. The van der Waals surface area contributed by atoms with Crippen molar-refractivity contribution in [3.8, 4) is 11.5 Å². The van der Waals surface area contributed by atoms with E-state index < -0.39 is 0 Å². The lowest BCUT2D eigenvalue weighted by atomic mass is 10.1. The molecule has 2 aromatic rings. The van der Waals surface area contributed by atoms with Crippen LogP contribution in [0.2, 0.25) is 10.0 Å². The second-order valence-electron chi connectivity index (χ2n) is 6.51. The summed E-state index contributed by atoms with van der Waals surface area (Å²) >= 11 is 12.0. The summed E-state index contributed by atoms with van der Waals surface area (Å²) < 4.78 is 5.26. The molecule has 1 saturated heterocycles. The number of halogens is 2. The first-order valence-electron chi connectivity index (χ1n) is 8.75. The number of quaternary nitrogens is 1. The molecule has 1 aliphatic rings. The summed E-state index contributed by atoms with van der Waals surface area (Å²) in [5.74, 6) is 0.861. The van der Waals surface area contributed by atoms with Crippen LogP contribution in [-0.4, -0.2) is 38.1 Å². The van der Waals surface area contributed by atoms with Gasteiger partial charge in [-0.1, -0.05) is 23.2 Å². The van der Waals surface area contributed by atoms with Gasteiger partial charge in [-0.3, -0.25) is 4.99 Å².